The zero-order chi connectivity index (χ0) is 20.2. The molecule has 14 heteroatoms. The number of ether oxygens (including phenoxy) is 1. The number of aryl methyl sites for hydroxylation is 1. The average Bonchev–Trinajstić information content (AvgIpc) is 2.48. The minimum absolute atomic E-state index is 0. The van der Waals surface area contributed by atoms with Crippen LogP contribution in [-0.2, 0) is 21.1 Å². The van der Waals surface area contributed by atoms with Crippen molar-refractivity contribution in [1.82, 2.24) is 0 Å². The van der Waals surface area contributed by atoms with Crippen LogP contribution in [0.5, 0.6) is 11.5 Å². The summed E-state index contributed by atoms with van der Waals surface area (Å²) in [6, 6.07) is 11.6. The molecule has 7 nitrogen and oxygen atoms in total. The minimum atomic E-state index is -4.97. The molecular weight excluding hydrogens is 555 g/mol. The quantitative estimate of drug-likeness (QED) is 0.251. The molecule has 0 amide bonds. The van der Waals surface area contributed by atoms with E-state index in [4.69, 9.17) is 42.3 Å². The summed E-state index contributed by atoms with van der Waals surface area (Å²) < 4.78 is 48.2. The van der Waals surface area contributed by atoms with Crippen LogP contribution >= 0.6 is 30.8 Å². The molecule has 2 aromatic carbocycles. The Balaban J connectivity index is 0. The number of rotatable bonds is 8. The molecule has 0 saturated carbocycles. The molecule has 30 heavy (non-hydrogen) atoms. The van der Waals surface area contributed by atoms with E-state index in [9.17, 15) is 13.0 Å². The van der Waals surface area contributed by atoms with E-state index in [1.807, 2.05) is 0 Å². The summed E-state index contributed by atoms with van der Waals surface area (Å²) in [6.07, 6.45) is 0.0969. The van der Waals surface area contributed by atoms with Crippen molar-refractivity contribution in [1.29, 1.82) is 0 Å². The van der Waals surface area contributed by atoms with Gasteiger partial charge >= 0.3 is 162 Å². The second-order valence-electron chi connectivity index (χ2n) is 5.81. The molecule has 0 aliphatic carbocycles. The summed E-state index contributed by atoms with van der Waals surface area (Å²) in [5.41, 5.74) is 0.764. The zero-order valence-electron chi connectivity index (χ0n) is 13.8. The molecule has 0 spiro atoms. The van der Waals surface area contributed by atoms with Gasteiger partial charge in [0.1, 0.15) is 11.5 Å². The van der Waals surface area contributed by atoms with Crippen molar-refractivity contribution in [3.05, 3.63) is 58.1 Å². The van der Waals surface area contributed by atoms with Gasteiger partial charge in [-0.3, -0.25) is 9.12 Å². The Morgan fingerprint density at radius 2 is 1.53 bits per heavy atom. The summed E-state index contributed by atoms with van der Waals surface area (Å²) in [4.78, 5) is 16.1. The fraction of sp³-hybridized carbons (Fsp3) is 0.250. The molecule has 0 radical (unpaired) electrons. The molecule has 0 heterocycles. The molecule has 0 aliphatic heterocycles. The van der Waals surface area contributed by atoms with Crippen LogP contribution in [0.3, 0.4) is 0 Å². The SMILES string of the molecule is O=P(O)(O)C(CCCc1cccc(Oc2cc(Cl)cc(Cl)c2)c1)S(=O)(=O)O.[KH].[KH].[KH]. The Labute approximate surface area is 313 Å². The Kier molecular flexibility index (Phi) is 19.8. The van der Waals surface area contributed by atoms with Crippen LogP contribution in [0, 0.1) is 0 Å². The van der Waals surface area contributed by atoms with Gasteiger partial charge in [-0.1, -0.05) is 35.3 Å². The van der Waals surface area contributed by atoms with Crippen LogP contribution in [-0.4, -0.2) is 182 Å². The van der Waals surface area contributed by atoms with Crippen LogP contribution in [0.4, 0.5) is 0 Å². The summed E-state index contributed by atoms with van der Waals surface area (Å²) in [5.74, 6) is 0.935. The monoisotopic (exact) mass is 574 g/mol. The number of hydrogen-bond acceptors (Lipinski definition) is 4. The third-order valence-corrected chi connectivity index (χ3v) is 7.60. The summed E-state index contributed by atoms with van der Waals surface area (Å²) in [5, 5.41) is 0.838. The first-order valence-corrected chi connectivity index (χ1v) is 11.6. The first kappa shape index (κ1) is 35.9. The van der Waals surface area contributed by atoms with Gasteiger partial charge in [0.05, 0.1) is 0 Å². The van der Waals surface area contributed by atoms with Gasteiger partial charge in [-0.15, -0.1) is 0 Å². The van der Waals surface area contributed by atoms with Gasteiger partial charge < -0.3 is 14.5 Å². The standard InChI is InChI=1S/C16H17Cl2O7PS.3K.3H/c17-12-8-13(18)10-15(9-12)25-14-5-1-3-11(7-14)4-2-6-16(26(19,20)21)27(22,23)24;;;;;;/h1,3,5,7-10,16H,2,4,6H2,(H2,19,20,21)(H,22,23,24);;;;;;. The van der Waals surface area contributed by atoms with Crippen molar-refractivity contribution >= 4 is 195 Å². The summed E-state index contributed by atoms with van der Waals surface area (Å²) in [7, 11) is -9.82. The number of benzene rings is 2. The van der Waals surface area contributed by atoms with Crippen molar-refractivity contribution in [2.45, 2.75) is 24.3 Å². The summed E-state index contributed by atoms with van der Waals surface area (Å²) >= 11 is 11.8. The van der Waals surface area contributed by atoms with Gasteiger partial charge in [0, 0.05) is 10.0 Å². The van der Waals surface area contributed by atoms with Crippen molar-refractivity contribution in [3.63, 3.8) is 0 Å². The van der Waals surface area contributed by atoms with Crippen molar-refractivity contribution < 1.29 is 32.1 Å². The molecule has 0 aliphatic rings. The molecule has 0 fully saturated rings. The molecular formula is C16H20Cl2K3O7PS. The van der Waals surface area contributed by atoms with E-state index in [2.05, 4.69) is 0 Å². The van der Waals surface area contributed by atoms with E-state index in [1.54, 1.807) is 42.5 Å². The van der Waals surface area contributed by atoms with Crippen LogP contribution < -0.4 is 4.74 Å². The fourth-order valence-corrected chi connectivity index (χ4v) is 5.34. The van der Waals surface area contributed by atoms with Crippen LogP contribution in [0.15, 0.2) is 42.5 Å². The Hall–Kier alpha value is 3.79. The van der Waals surface area contributed by atoms with E-state index in [0.717, 1.165) is 5.56 Å². The fourth-order valence-electron chi connectivity index (χ4n) is 2.46. The predicted molar refractivity (Wildman–Crippen MR) is 125 cm³/mol. The first-order valence-electron chi connectivity index (χ1n) is 7.69. The predicted octanol–water partition coefficient (Wildman–Crippen LogP) is 2.55. The number of hydrogen-bond donors (Lipinski definition) is 3. The molecule has 0 bridgehead atoms. The Morgan fingerprint density at radius 3 is 2.03 bits per heavy atom. The van der Waals surface area contributed by atoms with Crippen molar-refractivity contribution in [3.8, 4) is 11.5 Å². The summed E-state index contributed by atoms with van der Waals surface area (Å²) in [6.45, 7) is 0. The molecule has 2 rings (SSSR count). The molecule has 1 unspecified atom stereocenters. The van der Waals surface area contributed by atoms with Crippen molar-refractivity contribution in [2.75, 3.05) is 0 Å². The van der Waals surface area contributed by atoms with Crippen LogP contribution in [0.2, 0.25) is 10.0 Å². The molecule has 154 valence electrons. The van der Waals surface area contributed by atoms with Gasteiger partial charge in [0.15, 0.2) is 4.99 Å². The van der Waals surface area contributed by atoms with Gasteiger partial charge in [-0.05, 0) is 55.2 Å². The van der Waals surface area contributed by atoms with Gasteiger partial charge in [0.2, 0.25) is 0 Å². The van der Waals surface area contributed by atoms with Gasteiger partial charge in [-0.2, -0.15) is 8.42 Å². The topological polar surface area (TPSA) is 121 Å². The normalized spacial score (nSPS) is 12.0. The van der Waals surface area contributed by atoms with Crippen LogP contribution in [0.1, 0.15) is 18.4 Å². The zero-order valence-corrected chi connectivity index (χ0v) is 17.0. The molecule has 0 saturated heterocycles. The maximum atomic E-state index is 11.2. The molecule has 1 atom stereocenters. The first-order chi connectivity index (χ1) is 12.4. The second-order valence-corrected chi connectivity index (χ2v) is 10.4. The Bertz CT molecular complexity index is 953. The van der Waals surface area contributed by atoms with E-state index < -0.39 is 22.7 Å². The van der Waals surface area contributed by atoms with Crippen molar-refractivity contribution in [2.24, 2.45) is 0 Å². The molecule has 2 aromatic rings. The van der Waals surface area contributed by atoms with E-state index in [1.165, 1.54) is 0 Å². The van der Waals surface area contributed by atoms with E-state index in [0.29, 0.717) is 28.0 Å². The van der Waals surface area contributed by atoms with E-state index in [-0.39, 0.29) is 167 Å². The van der Waals surface area contributed by atoms with Crippen LogP contribution in [0.25, 0.3) is 0 Å². The average molecular weight is 576 g/mol. The third-order valence-electron chi connectivity index (χ3n) is 3.61. The molecule has 0 aromatic heterocycles. The number of halogens is 2. The van der Waals surface area contributed by atoms with Gasteiger partial charge in [-0.25, -0.2) is 0 Å². The maximum absolute atomic E-state index is 11.2. The Morgan fingerprint density at radius 1 is 0.967 bits per heavy atom. The second kappa shape index (κ2) is 16.5. The molecule has 3 N–H and O–H groups in total. The van der Waals surface area contributed by atoms with Gasteiger partial charge in [0.25, 0.3) is 10.1 Å². The third kappa shape index (κ3) is 13.2. The van der Waals surface area contributed by atoms with E-state index >= 15 is 0 Å².